The van der Waals surface area contributed by atoms with Gasteiger partial charge in [0.2, 0.25) is 0 Å². The molecule has 1 aliphatic heterocycles. The molecule has 1 saturated heterocycles. The SMILES string of the molecule is CC1CN(CC(N)c2ccc(C(F)(F)F)cc2)C(C)CO1. The number of hydrogen-bond acceptors (Lipinski definition) is 3. The lowest BCUT2D eigenvalue weighted by Gasteiger charge is -2.38. The van der Waals surface area contributed by atoms with Crippen LogP contribution in [0, 0.1) is 0 Å². The fourth-order valence-corrected chi connectivity index (χ4v) is 2.50. The molecule has 0 bridgehead atoms. The van der Waals surface area contributed by atoms with Gasteiger partial charge in [-0.25, -0.2) is 0 Å². The standard InChI is InChI=1S/C15H21F3N2O/c1-10-9-21-11(2)7-20(10)8-14(19)12-3-5-13(6-4-12)15(16,17)18/h3-6,10-11,14H,7-9,19H2,1-2H3. The van der Waals surface area contributed by atoms with Gasteiger partial charge in [-0.2, -0.15) is 13.2 Å². The maximum atomic E-state index is 12.5. The van der Waals surface area contributed by atoms with Gasteiger partial charge in [0.05, 0.1) is 18.3 Å². The first-order chi connectivity index (χ1) is 9.77. The number of nitrogens with two attached hydrogens (primary N) is 1. The fourth-order valence-electron chi connectivity index (χ4n) is 2.50. The second-order valence-corrected chi connectivity index (χ2v) is 5.67. The van der Waals surface area contributed by atoms with Crippen LogP contribution in [0.15, 0.2) is 24.3 Å². The number of benzene rings is 1. The van der Waals surface area contributed by atoms with E-state index < -0.39 is 11.7 Å². The molecule has 118 valence electrons. The summed E-state index contributed by atoms with van der Waals surface area (Å²) < 4.78 is 43.2. The van der Waals surface area contributed by atoms with Crippen LogP contribution >= 0.6 is 0 Å². The van der Waals surface area contributed by atoms with Gasteiger partial charge in [0, 0.05) is 25.2 Å². The van der Waals surface area contributed by atoms with Crippen molar-refractivity contribution < 1.29 is 17.9 Å². The minimum atomic E-state index is -4.31. The zero-order valence-corrected chi connectivity index (χ0v) is 12.2. The summed E-state index contributed by atoms with van der Waals surface area (Å²) >= 11 is 0. The number of halogens is 3. The van der Waals surface area contributed by atoms with Crippen molar-refractivity contribution in [3.05, 3.63) is 35.4 Å². The van der Waals surface area contributed by atoms with Crippen LogP contribution < -0.4 is 5.73 Å². The first-order valence-electron chi connectivity index (χ1n) is 7.05. The summed E-state index contributed by atoms with van der Waals surface area (Å²) in [4.78, 5) is 2.22. The smallest absolute Gasteiger partial charge is 0.376 e. The molecule has 3 unspecified atom stereocenters. The molecule has 3 atom stereocenters. The molecule has 1 heterocycles. The van der Waals surface area contributed by atoms with Crippen molar-refractivity contribution in [1.29, 1.82) is 0 Å². The first-order valence-corrected chi connectivity index (χ1v) is 7.05. The zero-order chi connectivity index (χ0) is 15.6. The third-order valence-corrected chi connectivity index (χ3v) is 3.83. The highest BCUT2D eigenvalue weighted by Gasteiger charge is 2.30. The lowest BCUT2D eigenvalue weighted by Crippen LogP contribution is -2.49. The Morgan fingerprint density at radius 3 is 2.48 bits per heavy atom. The Hall–Kier alpha value is -1.11. The molecule has 0 aromatic heterocycles. The van der Waals surface area contributed by atoms with Gasteiger partial charge in [-0.15, -0.1) is 0 Å². The largest absolute Gasteiger partial charge is 0.416 e. The molecular weight excluding hydrogens is 281 g/mol. The molecule has 2 N–H and O–H groups in total. The molecule has 1 fully saturated rings. The first kappa shape index (κ1) is 16.3. The highest BCUT2D eigenvalue weighted by atomic mass is 19.4. The number of alkyl halides is 3. The van der Waals surface area contributed by atoms with Crippen LogP contribution in [0.5, 0.6) is 0 Å². The summed E-state index contributed by atoms with van der Waals surface area (Å²) in [6, 6.07) is 5.05. The Morgan fingerprint density at radius 2 is 1.90 bits per heavy atom. The molecule has 0 amide bonds. The van der Waals surface area contributed by atoms with E-state index in [4.69, 9.17) is 10.5 Å². The van der Waals surface area contributed by atoms with Crippen molar-refractivity contribution in [1.82, 2.24) is 4.90 Å². The summed E-state index contributed by atoms with van der Waals surface area (Å²) in [5.74, 6) is 0. The average molecular weight is 302 g/mol. The summed E-state index contributed by atoms with van der Waals surface area (Å²) in [6.07, 6.45) is -4.16. The van der Waals surface area contributed by atoms with Crippen molar-refractivity contribution in [3.63, 3.8) is 0 Å². The van der Waals surface area contributed by atoms with Crippen LogP contribution in [0.3, 0.4) is 0 Å². The third kappa shape index (κ3) is 4.18. The average Bonchev–Trinajstić information content (AvgIpc) is 2.42. The summed E-state index contributed by atoms with van der Waals surface area (Å²) in [5, 5.41) is 0. The Bertz CT molecular complexity index is 461. The Morgan fingerprint density at radius 1 is 1.29 bits per heavy atom. The topological polar surface area (TPSA) is 38.5 Å². The van der Waals surface area contributed by atoms with E-state index in [0.29, 0.717) is 18.7 Å². The van der Waals surface area contributed by atoms with Gasteiger partial charge in [-0.3, -0.25) is 4.90 Å². The monoisotopic (exact) mass is 302 g/mol. The van der Waals surface area contributed by atoms with Crippen LogP contribution in [0.1, 0.15) is 31.0 Å². The van der Waals surface area contributed by atoms with Crippen molar-refractivity contribution in [2.45, 2.75) is 38.2 Å². The molecule has 0 spiro atoms. The number of hydrogen-bond donors (Lipinski definition) is 1. The number of ether oxygens (including phenoxy) is 1. The van der Waals surface area contributed by atoms with E-state index in [0.717, 1.165) is 18.7 Å². The minimum Gasteiger partial charge on any atom is -0.376 e. The van der Waals surface area contributed by atoms with Crippen LogP contribution in [-0.2, 0) is 10.9 Å². The molecule has 1 aliphatic rings. The molecule has 2 rings (SSSR count). The maximum Gasteiger partial charge on any atom is 0.416 e. The van der Waals surface area contributed by atoms with Crippen LogP contribution in [-0.4, -0.2) is 36.7 Å². The summed E-state index contributed by atoms with van der Waals surface area (Å²) in [6.45, 7) is 6.12. The van der Waals surface area contributed by atoms with Crippen molar-refractivity contribution in [3.8, 4) is 0 Å². The van der Waals surface area contributed by atoms with E-state index in [1.54, 1.807) is 0 Å². The quantitative estimate of drug-likeness (QED) is 0.933. The molecule has 0 saturated carbocycles. The van der Waals surface area contributed by atoms with E-state index in [1.165, 1.54) is 12.1 Å². The van der Waals surface area contributed by atoms with Gasteiger partial charge in [-0.05, 0) is 31.5 Å². The van der Waals surface area contributed by atoms with Crippen molar-refractivity contribution in [2.24, 2.45) is 5.73 Å². The minimum absolute atomic E-state index is 0.154. The fraction of sp³-hybridized carbons (Fsp3) is 0.600. The lowest BCUT2D eigenvalue weighted by molar-refractivity contribution is -0.137. The summed E-state index contributed by atoms with van der Waals surface area (Å²) in [5.41, 5.74) is 6.20. The molecule has 1 aromatic carbocycles. The molecule has 21 heavy (non-hydrogen) atoms. The van der Waals surface area contributed by atoms with Crippen molar-refractivity contribution in [2.75, 3.05) is 19.7 Å². The normalized spacial score (nSPS) is 25.8. The van der Waals surface area contributed by atoms with E-state index in [1.807, 2.05) is 6.92 Å². The van der Waals surface area contributed by atoms with E-state index in [9.17, 15) is 13.2 Å². The Labute approximate surface area is 122 Å². The Balaban J connectivity index is 2.01. The highest BCUT2D eigenvalue weighted by Crippen LogP contribution is 2.30. The van der Waals surface area contributed by atoms with Gasteiger partial charge in [0.1, 0.15) is 0 Å². The van der Waals surface area contributed by atoms with Gasteiger partial charge in [0.25, 0.3) is 0 Å². The van der Waals surface area contributed by atoms with Gasteiger partial charge in [-0.1, -0.05) is 12.1 Å². The number of morpholine rings is 1. The molecule has 3 nitrogen and oxygen atoms in total. The molecule has 6 heteroatoms. The van der Waals surface area contributed by atoms with E-state index in [2.05, 4.69) is 11.8 Å². The van der Waals surface area contributed by atoms with Crippen LogP contribution in [0.25, 0.3) is 0 Å². The summed E-state index contributed by atoms with van der Waals surface area (Å²) in [7, 11) is 0. The van der Waals surface area contributed by atoms with E-state index >= 15 is 0 Å². The third-order valence-electron chi connectivity index (χ3n) is 3.83. The Kier molecular flexibility index (Phi) is 4.91. The molecule has 1 aromatic rings. The predicted octanol–water partition coefficient (Wildman–Crippen LogP) is 2.81. The molecule has 0 radical (unpaired) electrons. The van der Waals surface area contributed by atoms with E-state index in [-0.39, 0.29) is 18.2 Å². The molecule has 0 aliphatic carbocycles. The maximum absolute atomic E-state index is 12.5. The van der Waals surface area contributed by atoms with Gasteiger partial charge < -0.3 is 10.5 Å². The van der Waals surface area contributed by atoms with Crippen molar-refractivity contribution >= 4 is 0 Å². The van der Waals surface area contributed by atoms with Gasteiger partial charge in [0.15, 0.2) is 0 Å². The second kappa shape index (κ2) is 6.34. The lowest BCUT2D eigenvalue weighted by atomic mass is 10.0. The second-order valence-electron chi connectivity index (χ2n) is 5.67. The zero-order valence-electron chi connectivity index (χ0n) is 12.2. The van der Waals surface area contributed by atoms with Crippen LogP contribution in [0.4, 0.5) is 13.2 Å². The van der Waals surface area contributed by atoms with Gasteiger partial charge >= 0.3 is 6.18 Å². The highest BCUT2D eigenvalue weighted by molar-refractivity contribution is 5.26. The predicted molar refractivity (Wildman–Crippen MR) is 74.8 cm³/mol. The number of rotatable bonds is 3. The molecular formula is C15H21F3N2O. The number of nitrogens with zero attached hydrogens (tertiary/aromatic N) is 1. The van der Waals surface area contributed by atoms with Crippen LogP contribution in [0.2, 0.25) is 0 Å².